The zero-order valence-corrected chi connectivity index (χ0v) is 11.6. The molecule has 102 valence electrons. The third-order valence-corrected chi connectivity index (χ3v) is 3.24. The van der Waals surface area contributed by atoms with E-state index >= 15 is 0 Å². The Morgan fingerprint density at radius 2 is 1.74 bits per heavy atom. The van der Waals surface area contributed by atoms with Crippen LogP contribution in [0.25, 0.3) is 11.3 Å². The molecular weight excluding hydrogens is 290 g/mol. The number of methoxy groups -OCH3 is 1. The minimum absolute atomic E-state index is 0. The van der Waals surface area contributed by atoms with Gasteiger partial charge in [0.05, 0.1) is 12.7 Å². The minimum Gasteiger partial charge on any atom is -1.00 e. The van der Waals surface area contributed by atoms with E-state index in [-0.39, 0.29) is 18.1 Å². The highest BCUT2D eigenvalue weighted by Gasteiger charge is 2.28. The Morgan fingerprint density at radius 3 is 2.26 bits per heavy atom. The van der Waals surface area contributed by atoms with Gasteiger partial charge in [0, 0.05) is 6.07 Å². The summed E-state index contributed by atoms with van der Waals surface area (Å²) >= 11 is 0. The average molecular weight is 302 g/mol. The molecule has 2 aromatic rings. The molecular formula is C12H12ClNO4S. The van der Waals surface area contributed by atoms with Gasteiger partial charge in [0.1, 0.15) is 0 Å². The van der Waals surface area contributed by atoms with Gasteiger partial charge in [-0.25, -0.2) is 4.55 Å². The number of aromatic nitrogens is 1. The second kappa shape index (κ2) is 6.01. The van der Waals surface area contributed by atoms with Gasteiger partial charge in [-0.05, 0) is 18.2 Å². The summed E-state index contributed by atoms with van der Waals surface area (Å²) < 4.78 is 37.9. The molecule has 1 N–H and O–H groups in total. The van der Waals surface area contributed by atoms with Crippen LogP contribution in [0, 0.1) is 0 Å². The fourth-order valence-electron chi connectivity index (χ4n) is 1.69. The molecule has 0 fully saturated rings. The Hall–Kier alpha value is -1.63. The lowest BCUT2D eigenvalue weighted by Crippen LogP contribution is -3.00. The molecule has 5 nitrogen and oxygen atoms in total. The van der Waals surface area contributed by atoms with Gasteiger partial charge in [0.2, 0.25) is 0 Å². The number of halogens is 1. The van der Waals surface area contributed by atoms with E-state index in [0.29, 0.717) is 11.3 Å². The van der Waals surface area contributed by atoms with E-state index in [0.717, 1.165) is 3.97 Å². The van der Waals surface area contributed by atoms with Crippen LogP contribution in [0.5, 0.6) is 5.75 Å². The molecule has 1 aromatic heterocycles. The van der Waals surface area contributed by atoms with E-state index in [1.54, 1.807) is 30.3 Å². The van der Waals surface area contributed by atoms with Gasteiger partial charge < -0.3 is 17.1 Å². The van der Waals surface area contributed by atoms with Crippen molar-refractivity contribution < 1.29 is 34.1 Å². The summed E-state index contributed by atoms with van der Waals surface area (Å²) in [5, 5.41) is 0. The lowest BCUT2D eigenvalue weighted by molar-refractivity contribution is -0.507. The second-order valence-electron chi connectivity index (χ2n) is 3.56. The molecule has 1 heterocycles. The third-order valence-electron chi connectivity index (χ3n) is 2.44. The van der Waals surface area contributed by atoms with E-state index in [2.05, 4.69) is 0 Å². The van der Waals surface area contributed by atoms with Crippen molar-refractivity contribution in [2.75, 3.05) is 7.11 Å². The van der Waals surface area contributed by atoms with Crippen molar-refractivity contribution in [1.82, 2.24) is 0 Å². The van der Waals surface area contributed by atoms with E-state index in [1.165, 1.54) is 19.4 Å². The van der Waals surface area contributed by atoms with Gasteiger partial charge in [0.15, 0.2) is 11.9 Å². The van der Waals surface area contributed by atoms with Crippen molar-refractivity contribution in [3.05, 3.63) is 48.7 Å². The molecule has 0 saturated heterocycles. The largest absolute Gasteiger partial charge is 1.00 e. The summed E-state index contributed by atoms with van der Waals surface area (Å²) in [7, 11) is -2.94. The lowest BCUT2D eigenvalue weighted by atomic mass is 10.1. The zero-order chi connectivity index (χ0) is 13.2. The molecule has 0 aliphatic rings. The number of hydrogen-bond donors (Lipinski definition) is 1. The Bertz CT molecular complexity index is 659. The standard InChI is InChI=1S/C12H11NO4S.ClH/c1-17-11-8-5-9-13(18(14,15)16)12(11)10-6-3-2-4-7-10;/h2-9H,1H3;1H. The molecule has 0 aliphatic carbocycles. The molecule has 19 heavy (non-hydrogen) atoms. The van der Waals surface area contributed by atoms with Crippen LogP contribution >= 0.6 is 0 Å². The number of ether oxygens (including phenoxy) is 1. The second-order valence-corrected chi connectivity index (χ2v) is 4.85. The molecule has 0 radical (unpaired) electrons. The maximum atomic E-state index is 11.4. The molecule has 1 aromatic carbocycles. The van der Waals surface area contributed by atoms with Crippen LogP contribution < -0.4 is 21.1 Å². The number of rotatable bonds is 3. The molecule has 7 heteroatoms. The summed E-state index contributed by atoms with van der Waals surface area (Å²) in [6.45, 7) is 0. The topological polar surface area (TPSA) is 67.5 Å². The van der Waals surface area contributed by atoms with E-state index in [9.17, 15) is 13.0 Å². The SMILES string of the molecule is COc1ccc[n+](S(=O)(=O)O)c1-c1ccccc1.[Cl-]. The van der Waals surface area contributed by atoms with Crippen LogP contribution in [-0.2, 0) is 10.3 Å². The molecule has 0 spiro atoms. The molecule has 0 saturated carbocycles. The fraction of sp³-hybridized carbons (Fsp3) is 0.0833. The number of benzene rings is 1. The van der Waals surface area contributed by atoms with E-state index in [1.807, 2.05) is 6.07 Å². The molecule has 0 aliphatic heterocycles. The summed E-state index contributed by atoms with van der Waals surface area (Å²) in [6.07, 6.45) is 1.26. The van der Waals surface area contributed by atoms with Crippen molar-refractivity contribution in [1.29, 1.82) is 0 Å². The molecule has 0 bridgehead atoms. The van der Waals surface area contributed by atoms with Gasteiger partial charge in [-0.2, -0.15) is 0 Å². The summed E-state index contributed by atoms with van der Waals surface area (Å²) in [5.74, 6) is 0.362. The Morgan fingerprint density at radius 1 is 1.11 bits per heavy atom. The number of pyridine rings is 1. The first-order valence-electron chi connectivity index (χ1n) is 5.16. The summed E-state index contributed by atoms with van der Waals surface area (Å²) in [5.41, 5.74) is 0.913. The van der Waals surface area contributed by atoms with Crippen molar-refractivity contribution in [3.8, 4) is 17.0 Å². The first kappa shape index (κ1) is 15.4. The molecule has 2 rings (SSSR count). The zero-order valence-electron chi connectivity index (χ0n) is 10.0. The summed E-state index contributed by atoms with van der Waals surface area (Å²) in [6, 6.07) is 11.9. The molecule has 0 amide bonds. The Kier molecular flexibility index (Phi) is 4.88. The highest BCUT2D eigenvalue weighted by Crippen LogP contribution is 2.25. The van der Waals surface area contributed by atoms with Gasteiger partial charge in [-0.15, -0.1) is 8.42 Å². The van der Waals surface area contributed by atoms with Crippen LogP contribution in [0.15, 0.2) is 48.7 Å². The van der Waals surface area contributed by atoms with E-state index in [4.69, 9.17) is 4.74 Å². The van der Waals surface area contributed by atoms with Crippen LogP contribution in [0.3, 0.4) is 0 Å². The van der Waals surface area contributed by atoms with Gasteiger partial charge >= 0.3 is 10.3 Å². The van der Waals surface area contributed by atoms with Crippen LogP contribution in [0.2, 0.25) is 0 Å². The third kappa shape index (κ3) is 3.23. The monoisotopic (exact) mass is 301 g/mol. The van der Waals surface area contributed by atoms with Gasteiger partial charge in [-0.1, -0.05) is 22.2 Å². The van der Waals surface area contributed by atoms with Crippen LogP contribution in [0.1, 0.15) is 0 Å². The maximum Gasteiger partial charge on any atom is 0.512 e. The minimum atomic E-state index is -4.38. The van der Waals surface area contributed by atoms with E-state index < -0.39 is 10.3 Å². The Labute approximate surface area is 117 Å². The highest BCUT2D eigenvalue weighted by molar-refractivity contribution is 7.79. The summed E-state index contributed by atoms with van der Waals surface area (Å²) in [4.78, 5) is 0. The van der Waals surface area contributed by atoms with Crippen LogP contribution in [-0.4, -0.2) is 20.1 Å². The van der Waals surface area contributed by atoms with Crippen molar-refractivity contribution in [2.45, 2.75) is 0 Å². The quantitative estimate of drug-likeness (QED) is 0.542. The first-order valence-corrected chi connectivity index (χ1v) is 6.56. The molecule has 0 unspecified atom stereocenters. The first-order chi connectivity index (χ1) is 8.54. The van der Waals surface area contributed by atoms with Crippen molar-refractivity contribution in [3.63, 3.8) is 0 Å². The maximum absolute atomic E-state index is 11.4. The average Bonchev–Trinajstić information content (AvgIpc) is 2.38. The fourth-order valence-corrected chi connectivity index (χ4v) is 2.34. The predicted molar refractivity (Wildman–Crippen MR) is 65.6 cm³/mol. The number of nitrogens with zero attached hydrogens (tertiary/aromatic N) is 1. The van der Waals surface area contributed by atoms with Crippen molar-refractivity contribution in [2.24, 2.45) is 0 Å². The van der Waals surface area contributed by atoms with Gasteiger partial charge in [0.25, 0.3) is 5.69 Å². The molecule has 0 atom stereocenters. The predicted octanol–water partition coefficient (Wildman–Crippen LogP) is -1.70. The van der Waals surface area contributed by atoms with Crippen LogP contribution in [0.4, 0.5) is 0 Å². The normalized spacial score (nSPS) is 10.6. The number of hydrogen-bond acceptors (Lipinski definition) is 3. The highest BCUT2D eigenvalue weighted by atomic mass is 35.5. The van der Waals surface area contributed by atoms with Crippen molar-refractivity contribution >= 4 is 10.3 Å². The Balaban J connectivity index is 0.00000180. The lowest BCUT2D eigenvalue weighted by Gasteiger charge is -2.05. The van der Waals surface area contributed by atoms with Gasteiger partial charge in [-0.3, -0.25) is 0 Å². The smallest absolute Gasteiger partial charge is 0.512 e.